The zero-order valence-corrected chi connectivity index (χ0v) is 26.7. The first-order valence-electron chi connectivity index (χ1n) is 17.3. The molecule has 234 valence electrons. The summed E-state index contributed by atoms with van der Waals surface area (Å²) in [5.41, 5.74) is 5.89. The zero-order chi connectivity index (χ0) is 29.5. The van der Waals surface area contributed by atoms with Crippen LogP contribution < -0.4 is 5.73 Å². The van der Waals surface area contributed by atoms with Crippen LogP contribution in [0.4, 0.5) is 0 Å². The maximum absolute atomic E-state index is 12.4. The van der Waals surface area contributed by atoms with Gasteiger partial charge in [-0.25, -0.2) is 0 Å². The second-order valence-electron chi connectivity index (χ2n) is 11.9. The molecule has 0 aliphatic rings. The summed E-state index contributed by atoms with van der Waals surface area (Å²) in [5, 5.41) is 10.2. The lowest BCUT2D eigenvalue weighted by Crippen LogP contribution is -2.44. The summed E-state index contributed by atoms with van der Waals surface area (Å²) in [6.45, 7) is 4.49. The normalized spacial score (nSPS) is 13.4. The summed E-state index contributed by atoms with van der Waals surface area (Å²) < 4.78 is 0. The van der Waals surface area contributed by atoms with Crippen molar-refractivity contribution in [1.29, 1.82) is 0 Å². The predicted octanol–water partition coefficient (Wildman–Crippen LogP) is 10.1. The monoisotopic (exact) mass is 562 g/mol. The van der Waals surface area contributed by atoms with Crippen LogP contribution in [-0.2, 0) is 9.59 Å². The topological polar surface area (TPSA) is 80.4 Å². The number of carbonyl (C=O) groups is 2. The number of hydrogen-bond donors (Lipinski definition) is 2. The van der Waals surface area contributed by atoms with Gasteiger partial charge in [0, 0.05) is 6.42 Å². The molecule has 0 aromatic carbocycles. The van der Waals surface area contributed by atoms with E-state index in [0.29, 0.717) is 12.8 Å². The van der Waals surface area contributed by atoms with Crippen LogP contribution in [0.3, 0.4) is 0 Å². The fourth-order valence-corrected chi connectivity index (χ4v) is 5.13. The number of rotatable bonds is 31. The van der Waals surface area contributed by atoms with Crippen molar-refractivity contribution >= 4 is 11.6 Å². The standard InChI is InChI=1S/C36H67NO3/c1-3-5-7-9-11-13-15-17-18-20-21-23-25-27-29-31-33(38)35(37)36(40)34(39)32-30-28-26-24-22-19-16-14-12-10-8-6-4-2/h11,13,17-18,34-35,39H,3-10,12,14-16,19-32,37H2,1-2H3. The maximum Gasteiger partial charge on any atom is 0.185 e. The van der Waals surface area contributed by atoms with Crippen LogP contribution in [0.15, 0.2) is 24.3 Å². The highest BCUT2D eigenvalue weighted by atomic mass is 16.3. The summed E-state index contributed by atoms with van der Waals surface area (Å²) in [7, 11) is 0. The van der Waals surface area contributed by atoms with Crippen LogP contribution in [0, 0.1) is 0 Å². The van der Waals surface area contributed by atoms with E-state index in [9.17, 15) is 14.7 Å². The van der Waals surface area contributed by atoms with E-state index in [1.54, 1.807) is 0 Å². The third-order valence-corrected chi connectivity index (χ3v) is 7.94. The van der Waals surface area contributed by atoms with Gasteiger partial charge in [0.05, 0.1) is 0 Å². The van der Waals surface area contributed by atoms with Gasteiger partial charge in [0.2, 0.25) is 0 Å². The molecule has 0 aromatic heterocycles. The number of ketones is 2. The Bertz CT molecular complexity index is 628. The zero-order valence-electron chi connectivity index (χ0n) is 26.7. The third kappa shape index (κ3) is 25.7. The molecule has 0 saturated carbocycles. The molecule has 0 spiro atoms. The van der Waals surface area contributed by atoms with Crippen LogP contribution in [0.2, 0.25) is 0 Å². The summed E-state index contributed by atoms with van der Waals surface area (Å²) in [6, 6.07) is -1.16. The molecule has 0 amide bonds. The molecule has 40 heavy (non-hydrogen) atoms. The molecule has 2 unspecified atom stereocenters. The Hall–Kier alpha value is -1.26. The van der Waals surface area contributed by atoms with Crippen molar-refractivity contribution in [2.75, 3.05) is 0 Å². The maximum atomic E-state index is 12.4. The fraction of sp³-hybridized carbons (Fsp3) is 0.833. The molecule has 0 aliphatic heterocycles. The van der Waals surface area contributed by atoms with E-state index in [4.69, 9.17) is 5.73 Å². The molecule has 0 radical (unpaired) electrons. The Labute approximate surface area is 249 Å². The molecule has 0 aromatic rings. The average Bonchev–Trinajstić information content (AvgIpc) is 2.96. The van der Waals surface area contributed by atoms with E-state index in [0.717, 1.165) is 57.8 Å². The van der Waals surface area contributed by atoms with Crippen molar-refractivity contribution < 1.29 is 14.7 Å². The highest BCUT2D eigenvalue weighted by molar-refractivity contribution is 6.07. The summed E-state index contributed by atoms with van der Waals surface area (Å²) >= 11 is 0. The smallest absolute Gasteiger partial charge is 0.185 e. The van der Waals surface area contributed by atoms with E-state index < -0.39 is 17.9 Å². The minimum atomic E-state index is -1.16. The van der Waals surface area contributed by atoms with Crippen LogP contribution >= 0.6 is 0 Å². The molecular formula is C36H67NO3. The van der Waals surface area contributed by atoms with E-state index >= 15 is 0 Å². The van der Waals surface area contributed by atoms with Crippen molar-refractivity contribution in [2.24, 2.45) is 5.73 Å². The van der Waals surface area contributed by atoms with Crippen molar-refractivity contribution in [2.45, 2.75) is 193 Å². The van der Waals surface area contributed by atoms with Crippen LogP contribution in [-0.4, -0.2) is 28.8 Å². The molecule has 3 N–H and O–H groups in total. The van der Waals surface area contributed by atoms with Crippen molar-refractivity contribution in [3.8, 4) is 0 Å². The molecule has 4 heteroatoms. The molecule has 0 fully saturated rings. The number of hydrogen-bond acceptors (Lipinski definition) is 4. The molecule has 0 heterocycles. The summed E-state index contributed by atoms with van der Waals surface area (Å²) in [5.74, 6) is -0.716. The molecule has 0 saturated heterocycles. The lowest BCUT2D eigenvalue weighted by molar-refractivity contribution is -0.134. The van der Waals surface area contributed by atoms with Gasteiger partial charge in [0.1, 0.15) is 12.1 Å². The first-order valence-corrected chi connectivity index (χ1v) is 17.3. The van der Waals surface area contributed by atoms with E-state index in [1.807, 2.05) is 0 Å². The van der Waals surface area contributed by atoms with Crippen LogP contribution in [0.1, 0.15) is 181 Å². The highest BCUT2D eigenvalue weighted by Crippen LogP contribution is 2.14. The predicted molar refractivity (Wildman–Crippen MR) is 174 cm³/mol. The number of aliphatic hydroxyl groups excluding tert-OH is 1. The quantitative estimate of drug-likeness (QED) is 0.0501. The van der Waals surface area contributed by atoms with Gasteiger partial charge in [-0.3, -0.25) is 9.59 Å². The minimum Gasteiger partial charge on any atom is -0.385 e. The summed E-state index contributed by atoms with van der Waals surface area (Å²) in [4.78, 5) is 24.7. The third-order valence-electron chi connectivity index (χ3n) is 7.94. The van der Waals surface area contributed by atoms with Crippen LogP contribution in [0.25, 0.3) is 0 Å². The molecule has 2 atom stereocenters. The summed E-state index contributed by atoms with van der Waals surface area (Å²) in [6.07, 6.45) is 37.5. The minimum absolute atomic E-state index is 0.222. The second kappa shape index (κ2) is 30.7. The Morgan fingerprint density at radius 3 is 1.50 bits per heavy atom. The Morgan fingerprint density at radius 1 is 0.575 bits per heavy atom. The first-order chi connectivity index (χ1) is 19.5. The van der Waals surface area contributed by atoms with E-state index in [2.05, 4.69) is 38.2 Å². The molecule has 0 bridgehead atoms. The Morgan fingerprint density at radius 2 is 0.975 bits per heavy atom. The Balaban J connectivity index is 3.64. The lowest BCUT2D eigenvalue weighted by atomic mass is 9.96. The second-order valence-corrected chi connectivity index (χ2v) is 11.9. The van der Waals surface area contributed by atoms with Crippen molar-refractivity contribution in [3.63, 3.8) is 0 Å². The number of aliphatic hydroxyl groups is 1. The van der Waals surface area contributed by atoms with Crippen LogP contribution in [0.5, 0.6) is 0 Å². The number of unbranched alkanes of at least 4 members (excludes halogenated alkanes) is 20. The van der Waals surface area contributed by atoms with E-state index in [-0.39, 0.29) is 5.78 Å². The number of nitrogens with two attached hydrogens (primary N) is 1. The molecule has 4 nitrogen and oxygen atoms in total. The lowest BCUT2D eigenvalue weighted by Gasteiger charge is -2.14. The largest absolute Gasteiger partial charge is 0.385 e. The van der Waals surface area contributed by atoms with Gasteiger partial charge >= 0.3 is 0 Å². The van der Waals surface area contributed by atoms with Crippen molar-refractivity contribution in [3.05, 3.63) is 24.3 Å². The number of allylic oxidation sites excluding steroid dienone is 4. The molecular weight excluding hydrogens is 494 g/mol. The van der Waals surface area contributed by atoms with Crippen molar-refractivity contribution in [1.82, 2.24) is 0 Å². The highest BCUT2D eigenvalue weighted by Gasteiger charge is 2.27. The fourth-order valence-electron chi connectivity index (χ4n) is 5.13. The van der Waals surface area contributed by atoms with Gasteiger partial charge in [-0.1, -0.05) is 154 Å². The Kier molecular flexibility index (Phi) is 29.7. The van der Waals surface area contributed by atoms with Gasteiger partial charge < -0.3 is 10.8 Å². The average molecular weight is 562 g/mol. The number of carbonyl (C=O) groups excluding carboxylic acids is 2. The number of Topliss-reactive ketones (excluding diaryl/α,β-unsaturated/α-hetero) is 2. The molecule has 0 aliphatic carbocycles. The first kappa shape index (κ1) is 38.7. The van der Waals surface area contributed by atoms with Gasteiger partial charge in [0.25, 0.3) is 0 Å². The molecule has 0 rings (SSSR count). The van der Waals surface area contributed by atoms with Gasteiger partial charge in [-0.05, 0) is 44.9 Å². The van der Waals surface area contributed by atoms with Gasteiger partial charge in [-0.15, -0.1) is 0 Å². The van der Waals surface area contributed by atoms with Gasteiger partial charge in [-0.2, -0.15) is 0 Å². The SMILES string of the molecule is CCCCCC=CCC=CCCCCCCCC(=O)C(N)C(=O)C(O)CCCCCCCCCCCCCCC. The van der Waals surface area contributed by atoms with E-state index in [1.165, 1.54) is 96.3 Å². The van der Waals surface area contributed by atoms with Gasteiger partial charge in [0.15, 0.2) is 11.6 Å².